The summed E-state index contributed by atoms with van der Waals surface area (Å²) in [5.41, 5.74) is 11.5. The van der Waals surface area contributed by atoms with Crippen LogP contribution in [0.2, 0.25) is 0 Å². The van der Waals surface area contributed by atoms with Crippen molar-refractivity contribution in [2.24, 2.45) is 18.7 Å². The maximum Gasteiger partial charge on any atom is 0.416 e. The highest BCUT2D eigenvalue weighted by atomic mass is 19.4. The number of carbonyl (C=O) groups is 1. The number of aryl methyl sites for hydroxylation is 1. The molecule has 0 saturated heterocycles. The van der Waals surface area contributed by atoms with Gasteiger partial charge in [-0.15, -0.1) is 0 Å². The van der Waals surface area contributed by atoms with E-state index in [1.807, 2.05) is 12.1 Å². The lowest BCUT2D eigenvalue weighted by Crippen LogP contribution is -2.27. The van der Waals surface area contributed by atoms with Gasteiger partial charge in [0.25, 0.3) is 5.56 Å². The van der Waals surface area contributed by atoms with Gasteiger partial charge >= 0.3 is 6.18 Å². The predicted molar refractivity (Wildman–Crippen MR) is 129 cm³/mol. The molecule has 1 aromatic heterocycles. The minimum absolute atomic E-state index is 0.00982. The molecule has 1 saturated carbocycles. The van der Waals surface area contributed by atoms with Gasteiger partial charge in [-0.05, 0) is 80.0 Å². The van der Waals surface area contributed by atoms with Crippen LogP contribution in [-0.2, 0) is 18.0 Å². The average Bonchev–Trinajstić information content (AvgIpc) is 2.81. The van der Waals surface area contributed by atoms with E-state index in [2.05, 4.69) is 10.4 Å². The molecule has 0 radical (unpaired) electrons. The number of nitrogens with zero attached hydrogens (tertiary/aromatic N) is 2. The number of halogens is 3. The minimum Gasteiger partial charge on any atom is -0.399 e. The van der Waals surface area contributed by atoms with Crippen LogP contribution in [0.15, 0.2) is 41.2 Å². The Morgan fingerprint density at radius 2 is 1.80 bits per heavy atom. The van der Waals surface area contributed by atoms with Gasteiger partial charge in [0.2, 0.25) is 5.91 Å². The van der Waals surface area contributed by atoms with Crippen LogP contribution in [0.25, 0.3) is 10.8 Å². The third-order valence-electron chi connectivity index (χ3n) is 6.83. The second kappa shape index (κ2) is 9.24. The third kappa shape index (κ3) is 5.11. The lowest BCUT2D eigenvalue weighted by molar-refractivity contribution is -0.137. The number of hydrogen-bond donors (Lipinski definition) is 3. The minimum atomic E-state index is -4.52. The molecule has 0 bridgehead atoms. The van der Waals surface area contributed by atoms with E-state index in [0.717, 1.165) is 30.5 Å². The molecule has 1 aliphatic rings. The first kappa shape index (κ1) is 24.6. The SMILES string of the molecule is C[C@@H](Nc1nn(C)c(=O)c2ccc(C3CCC(C(N)=O)CC3)cc12)c1cc(N)cc(C(F)(F)F)c1. The zero-order valence-corrected chi connectivity index (χ0v) is 19.5. The fraction of sp³-hybridized carbons (Fsp3) is 0.400. The van der Waals surface area contributed by atoms with Gasteiger partial charge in [0.15, 0.2) is 5.82 Å². The van der Waals surface area contributed by atoms with E-state index in [1.165, 1.54) is 17.8 Å². The van der Waals surface area contributed by atoms with E-state index >= 15 is 0 Å². The molecule has 4 rings (SSSR count). The van der Waals surface area contributed by atoms with Crippen molar-refractivity contribution in [3.63, 3.8) is 0 Å². The van der Waals surface area contributed by atoms with Gasteiger partial charge in [-0.2, -0.15) is 18.3 Å². The fourth-order valence-electron chi connectivity index (χ4n) is 4.82. The lowest BCUT2D eigenvalue weighted by Gasteiger charge is -2.27. The van der Waals surface area contributed by atoms with Crippen LogP contribution < -0.4 is 22.3 Å². The lowest BCUT2D eigenvalue weighted by atomic mass is 9.78. The van der Waals surface area contributed by atoms with Crippen molar-refractivity contribution >= 4 is 28.2 Å². The summed E-state index contributed by atoms with van der Waals surface area (Å²) in [7, 11) is 1.53. The fourth-order valence-corrected chi connectivity index (χ4v) is 4.82. The number of amides is 1. The van der Waals surface area contributed by atoms with Crippen LogP contribution in [0.4, 0.5) is 24.7 Å². The van der Waals surface area contributed by atoms with E-state index in [1.54, 1.807) is 13.0 Å². The van der Waals surface area contributed by atoms with Gasteiger partial charge in [-0.1, -0.05) is 6.07 Å². The number of nitrogens with two attached hydrogens (primary N) is 2. The maximum atomic E-state index is 13.3. The molecular weight excluding hydrogens is 459 g/mol. The van der Waals surface area contributed by atoms with Crippen LogP contribution in [0.3, 0.4) is 0 Å². The molecule has 5 N–H and O–H groups in total. The van der Waals surface area contributed by atoms with Gasteiger partial charge in [-0.25, -0.2) is 4.68 Å². The highest BCUT2D eigenvalue weighted by molar-refractivity contribution is 5.91. The number of nitrogen functional groups attached to an aromatic ring is 1. The normalized spacial score (nSPS) is 19.5. The smallest absolute Gasteiger partial charge is 0.399 e. The predicted octanol–water partition coefficient (Wildman–Crippen LogP) is 4.47. The number of rotatable bonds is 5. The molecule has 35 heavy (non-hydrogen) atoms. The summed E-state index contributed by atoms with van der Waals surface area (Å²) in [5, 5.41) is 8.58. The van der Waals surface area contributed by atoms with Crippen molar-refractivity contribution in [2.75, 3.05) is 11.1 Å². The van der Waals surface area contributed by atoms with E-state index in [0.29, 0.717) is 35.0 Å². The Morgan fingerprint density at radius 1 is 1.11 bits per heavy atom. The Balaban J connectivity index is 1.69. The largest absolute Gasteiger partial charge is 0.416 e. The first-order chi connectivity index (χ1) is 16.4. The molecule has 1 amide bonds. The number of carbonyl (C=O) groups excluding carboxylic acids is 1. The Morgan fingerprint density at radius 3 is 2.43 bits per heavy atom. The molecule has 1 aliphatic carbocycles. The zero-order chi connectivity index (χ0) is 25.5. The van der Waals surface area contributed by atoms with Crippen LogP contribution in [0.5, 0.6) is 0 Å². The molecule has 0 spiro atoms. The topological polar surface area (TPSA) is 116 Å². The van der Waals surface area contributed by atoms with Crippen molar-refractivity contribution in [1.29, 1.82) is 0 Å². The first-order valence-electron chi connectivity index (χ1n) is 11.5. The number of hydrogen-bond acceptors (Lipinski definition) is 5. The summed E-state index contributed by atoms with van der Waals surface area (Å²) in [6.45, 7) is 1.71. The van der Waals surface area contributed by atoms with E-state index < -0.39 is 17.8 Å². The van der Waals surface area contributed by atoms with Crippen molar-refractivity contribution in [3.05, 3.63) is 63.4 Å². The van der Waals surface area contributed by atoms with Gasteiger partial charge in [0.1, 0.15) is 0 Å². The van der Waals surface area contributed by atoms with Crippen molar-refractivity contribution in [3.8, 4) is 0 Å². The van der Waals surface area contributed by atoms with Crippen molar-refractivity contribution in [1.82, 2.24) is 9.78 Å². The zero-order valence-electron chi connectivity index (χ0n) is 19.5. The van der Waals surface area contributed by atoms with Crippen LogP contribution in [0.1, 0.15) is 61.3 Å². The quantitative estimate of drug-likeness (QED) is 0.460. The number of primary amides is 1. The van der Waals surface area contributed by atoms with Crippen molar-refractivity contribution < 1.29 is 18.0 Å². The number of anilines is 2. The van der Waals surface area contributed by atoms with Crippen LogP contribution >= 0.6 is 0 Å². The van der Waals surface area contributed by atoms with Crippen molar-refractivity contribution in [2.45, 2.75) is 50.7 Å². The molecular formula is C25H28F3N5O2. The van der Waals surface area contributed by atoms with Gasteiger partial charge in [0.05, 0.1) is 17.0 Å². The molecule has 7 nitrogen and oxygen atoms in total. The van der Waals surface area contributed by atoms with E-state index in [9.17, 15) is 22.8 Å². The van der Waals surface area contributed by atoms with Gasteiger partial charge in [0, 0.05) is 24.0 Å². The Labute approximate surface area is 200 Å². The number of alkyl halides is 3. The molecule has 0 unspecified atom stereocenters. The summed E-state index contributed by atoms with van der Waals surface area (Å²) in [6, 6.07) is 8.46. The first-order valence-corrected chi connectivity index (χ1v) is 11.5. The van der Waals surface area contributed by atoms with Gasteiger partial charge < -0.3 is 16.8 Å². The molecule has 186 valence electrons. The highest BCUT2D eigenvalue weighted by Crippen LogP contribution is 2.38. The monoisotopic (exact) mass is 487 g/mol. The third-order valence-corrected chi connectivity index (χ3v) is 6.83. The second-order valence-electron chi connectivity index (χ2n) is 9.29. The average molecular weight is 488 g/mol. The molecule has 3 aromatic rings. The summed E-state index contributed by atoms with van der Waals surface area (Å²) in [6.07, 6.45) is -1.48. The summed E-state index contributed by atoms with van der Waals surface area (Å²) < 4.78 is 41.0. The summed E-state index contributed by atoms with van der Waals surface area (Å²) >= 11 is 0. The van der Waals surface area contributed by atoms with Gasteiger partial charge in [-0.3, -0.25) is 9.59 Å². The molecule has 2 aromatic carbocycles. The number of aromatic nitrogens is 2. The second-order valence-corrected chi connectivity index (χ2v) is 9.29. The number of nitrogens with one attached hydrogen (secondary N) is 1. The standard InChI is InChI=1S/C25H28F3N5O2/c1-13(17-9-18(25(26,27)28)12-19(29)10-17)31-23-21-11-16(7-8-20(21)24(35)33(2)32-23)14-3-5-15(6-4-14)22(30)34/h7-15H,3-6,29H2,1-2H3,(H2,30,34)(H,31,32)/t13-,14?,15?/m1/s1. The Kier molecular flexibility index (Phi) is 6.48. The number of fused-ring (bicyclic) bond motifs is 1. The Bertz CT molecular complexity index is 1330. The number of benzene rings is 2. The van der Waals surface area contributed by atoms with Crippen LogP contribution in [-0.4, -0.2) is 15.7 Å². The summed E-state index contributed by atoms with van der Waals surface area (Å²) in [5.74, 6) is 0.217. The molecule has 1 heterocycles. The maximum absolute atomic E-state index is 13.3. The molecule has 10 heteroatoms. The van der Waals surface area contributed by atoms with Crippen LogP contribution in [0, 0.1) is 5.92 Å². The summed E-state index contributed by atoms with van der Waals surface area (Å²) in [4.78, 5) is 24.2. The van der Waals surface area contributed by atoms with E-state index in [4.69, 9.17) is 11.5 Å². The molecule has 1 atom stereocenters. The molecule has 1 fully saturated rings. The Hall–Kier alpha value is -3.56. The van der Waals surface area contributed by atoms with E-state index in [-0.39, 0.29) is 29.0 Å². The highest BCUT2D eigenvalue weighted by Gasteiger charge is 2.31. The molecule has 0 aliphatic heterocycles.